The number of aromatic nitrogens is 4. The van der Waals surface area contributed by atoms with E-state index in [0.717, 1.165) is 39.3 Å². The van der Waals surface area contributed by atoms with Crippen LogP contribution in [0.2, 0.25) is 0 Å². The predicted octanol–water partition coefficient (Wildman–Crippen LogP) is 5.45. The van der Waals surface area contributed by atoms with Gasteiger partial charge in [-0.15, -0.1) is 5.10 Å². The second-order valence-corrected chi connectivity index (χ2v) is 7.30. The van der Waals surface area contributed by atoms with E-state index >= 15 is 0 Å². The normalized spacial score (nSPS) is 11.1. The van der Waals surface area contributed by atoms with Crippen molar-refractivity contribution in [3.05, 3.63) is 94.6 Å². The zero-order chi connectivity index (χ0) is 20.3. The summed E-state index contributed by atoms with van der Waals surface area (Å²) in [7, 11) is 0. The molecular formula is C23H18N4O2S. The molecule has 0 aliphatic carbocycles. The van der Waals surface area contributed by atoms with Gasteiger partial charge in [-0.05, 0) is 53.7 Å². The van der Waals surface area contributed by atoms with E-state index < -0.39 is 0 Å². The number of fused-ring (bicyclic) bond motifs is 1. The fourth-order valence-electron chi connectivity index (χ4n) is 3.27. The van der Waals surface area contributed by atoms with Crippen LogP contribution in [0.5, 0.6) is 5.75 Å². The Morgan fingerprint density at radius 2 is 1.77 bits per heavy atom. The molecule has 3 aromatic carbocycles. The molecule has 0 amide bonds. The molecule has 2 aromatic heterocycles. The summed E-state index contributed by atoms with van der Waals surface area (Å²) in [5, 5.41) is 6.71. The van der Waals surface area contributed by atoms with Gasteiger partial charge in [0.25, 0.3) is 4.84 Å². The van der Waals surface area contributed by atoms with E-state index in [4.69, 9.17) is 21.4 Å². The molecule has 5 rings (SSSR count). The quantitative estimate of drug-likeness (QED) is 0.361. The maximum absolute atomic E-state index is 5.85. The van der Waals surface area contributed by atoms with Gasteiger partial charge in [0.1, 0.15) is 18.2 Å². The first-order valence-electron chi connectivity index (χ1n) is 9.53. The number of rotatable bonds is 6. The number of benzene rings is 3. The summed E-state index contributed by atoms with van der Waals surface area (Å²) in [5.74, 6) is 2.20. The van der Waals surface area contributed by atoms with Crippen molar-refractivity contribution in [3.8, 4) is 17.2 Å². The highest BCUT2D eigenvalue weighted by atomic mass is 32.1. The lowest BCUT2D eigenvalue weighted by atomic mass is 10.1. The van der Waals surface area contributed by atoms with Crippen LogP contribution in [0.1, 0.15) is 17.0 Å². The third-order valence-corrected chi connectivity index (χ3v) is 4.93. The summed E-state index contributed by atoms with van der Waals surface area (Å²) in [6.07, 6.45) is 0.700. The van der Waals surface area contributed by atoms with Crippen molar-refractivity contribution in [3.63, 3.8) is 0 Å². The lowest BCUT2D eigenvalue weighted by Crippen LogP contribution is -1.95. The van der Waals surface area contributed by atoms with Gasteiger partial charge in [-0.3, -0.25) is 0 Å². The third kappa shape index (κ3) is 4.01. The first-order valence-corrected chi connectivity index (χ1v) is 9.94. The summed E-state index contributed by atoms with van der Waals surface area (Å²) in [4.78, 5) is 8.31. The molecule has 5 aromatic rings. The molecule has 6 nitrogen and oxygen atoms in total. The van der Waals surface area contributed by atoms with E-state index in [1.165, 1.54) is 0 Å². The standard InChI is InChI=1S/C23H18N4O2S/c30-23-27-26-22(29-23)17-8-11-19-20(13-17)25-21(24-19)12-15-6-9-18(10-7-15)28-14-16-4-2-1-3-5-16/h1-11,13H,12,14H2,(H,24,25)(H,27,30). The van der Waals surface area contributed by atoms with E-state index in [-0.39, 0.29) is 4.84 Å². The van der Waals surface area contributed by atoms with Crippen LogP contribution < -0.4 is 4.74 Å². The van der Waals surface area contributed by atoms with Crippen LogP contribution in [0.4, 0.5) is 0 Å². The minimum Gasteiger partial charge on any atom is -0.489 e. The molecule has 30 heavy (non-hydrogen) atoms. The molecule has 0 unspecified atom stereocenters. The van der Waals surface area contributed by atoms with Gasteiger partial charge in [0.05, 0.1) is 11.0 Å². The highest BCUT2D eigenvalue weighted by molar-refractivity contribution is 7.71. The highest BCUT2D eigenvalue weighted by Gasteiger charge is 2.09. The number of hydrogen-bond donors (Lipinski definition) is 2. The molecular weight excluding hydrogens is 396 g/mol. The molecule has 0 fully saturated rings. The monoisotopic (exact) mass is 414 g/mol. The van der Waals surface area contributed by atoms with Crippen LogP contribution >= 0.6 is 12.2 Å². The summed E-state index contributed by atoms with van der Waals surface area (Å²) in [6.45, 7) is 0.557. The van der Waals surface area contributed by atoms with Crippen molar-refractivity contribution in [2.75, 3.05) is 0 Å². The lowest BCUT2D eigenvalue weighted by molar-refractivity contribution is 0.306. The zero-order valence-corrected chi connectivity index (χ0v) is 16.8. The van der Waals surface area contributed by atoms with E-state index in [1.807, 2.05) is 48.5 Å². The Morgan fingerprint density at radius 1 is 0.933 bits per heavy atom. The largest absolute Gasteiger partial charge is 0.489 e. The van der Waals surface area contributed by atoms with Crippen molar-refractivity contribution in [1.82, 2.24) is 20.2 Å². The van der Waals surface area contributed by atoms with Crippen molar-refractivity contribution < 1.29 is 9.15 Å². The SMILES string of the molecule is S=c1[nH]nc(-c2ccc3nc(Cc4ccc(OCc5ccccc5)cc4)[nH]c3c2)o1. The first kappa shape index (κ1) is 18.3. The molecule has 148 valence electrons. The van der Waals surface area contributed by atoms with Gasteiger partial charge in [-0.25, -0.2) is 10.1 Å². The van der Waals surface area contributed by atoms with Crippen molar-refractivity contribution >= 4 is 23.3 Å². The number of nitrogens with zero attached hydrogens (tertiary/aromatic N) is 2. The second kappa shape index (κ2) is 7.96. The summed E-state index contributed by atoms with van der Waals surface area (Å²) < 4.78 is 11.2. The zero-order valence-electron chi connectivity index (χ0n) is 16.0. The van der Waals surface area contributed by atoms with Gasteiger partial charge in [0.2, 0.25) is 5.89 Å². The number of nitrogens with one attached hydrogen (secondary N) is 2. The third-order valence-electron chi connectivity index (χ3n) is 4.76. The van der Waals surface area contributed by atoms with E-state index in [1.54, 1.807) is 0 Å². The Morgan fingerprint density at radius 3 is 2.53 bits per heavy atom. The smallest absolute Gasteiger partial charge is 0.284 e. The van der Waals surface area contributed by atoms with Crippen LogP contribution in [0.15, 0.2) is 77.2 Å². The van der Waals surface area contributed by atoms with Crippen LogP contribution in [-0.4, -0.2) is 20.2 Å². The Labute approximate surface area is 177 Å². The predicted molar refractivity (Wildman–Crippen MR) is 117 cm³/mol. The fraction of sp³-hybridized carbons (Fsp3) is 0.0870. The molecule has 2 N–H and O–H groups in total. The average molecular weight is 414 g/mol. The fourth-order valence-corrected chi connectivity index (χ4v) is 3.39. The maximum Gasteiger partial charge on any atom is 0.284 e. The molecule has 0 radical (unpaired) electrons. The van der Waals surface area contributed by atoms with Crippen LogP contribution in [0.3, 0.4) is 0 Å². The molecule has 0 bridgehead atoms. The van der Waals surface area contributed by atoms with E-state index in [9.17, 15) is 0 Å². The van der Waals surface area contributed by atoms with Gasteiger partial charge in [0, 0.05) is 12.0 Å². The highest BCUT2D eigenvalue weighted by Crippen LogP contribution is 2.23. The Balaban J connectivity index is 1.28. The van der Waals surface area contributed by atoms with Crippen molar-refractivity contribution in [2.45, 2.75) is 13.0 Å². The van der Waals surface area contributed by atoms with E-state index in [0.29, 0.717) is 18.9 Å². The van der Waals surface area contributed by atoms with Gasteiger partial charge < -0.3 is 14.1 Å². The van der Waals surface area contributed by atoms with Crippen LogP contribution in [-0.2, 0) is 13.0 Å². The molecule has 0 aliphatic heterocycles. The van der Waals surface area contributed by atoms with E-state index in [2.05, 4.69) is 44.4 Å². The van der Waals surface area contributed by atoms with Gasteiger partial charge in [-0.2, -0.15) is 0 Å². The molecule has 2 heterocycles. The second-order valence-electron chi connectivity index (χ2n) is 6.93. The van der Waals surface area contributed by atoms with Crippen molar-refractivity contribution in [2.24, 2.45) is 0 Å². The molecule has 7 heteroatoms. The number of ether oxygens (including phenoxy) is 1. The Bertz CT molecular complexity index is 1340. The maximum atomic E-state index is 5.85. The summed E-state index contributed by atoms with van der Waals surface area (Å²) in [6, 6.07) is 24.1. The number of aromatic amines is 2. The minimum absolute atomic E-state index is 0.256. The molecule has 0 saturated carbocycles. The average Bonchev–Trinajstić information content (AvgIpc) is 3.39. The van der Waals surface area contributed by atoms with Crippen molar-refractivity contribution in [1.29, 1.82) is 0 Å². The summed E-state index contributed by atoms with van der Waals surface area (Å²) in [5.41, 5.74) is 4.96. The topological polar surface area (TPSA) is 79.7 Å². The minimum atomic E-state index is 0.256. The number of H-pyrrole nitrogens is 2. The Hall–Kier alpha value is -3.71. The van der Waals surface area contributed by atoms with Gasteiger partial charge in [0.15, 0.2) is 0 Å². The first-order chi connectivity index (χ1) is 14.7. The Kier molecular flexibility index (Phi) is 4.86. The molecule has 0 saturated heterocycles. The number of hydrogen-bond acceptors (Lipinski definition) is 5. The van der Waals surface area contributed by atoms with Gasteiger partial charge in [-0.1, -0.05) is 42.5 Å². The lowest BCUT2D eigenvalue weighted by Gasteiger charge is -2.07. The van der Waals surface area contributed by atoms with Crippen LogP contribution in [0.25, 0.3) is 22.5 Å². The molecule has 0 spiro atoms. The number of imidazole rings is 1. The molecule has 0 atom stereocenters. The summed E-state index contributed by atoms with van der Waals surface area (Å²) >= 11 is 4.94. The van der Waals surface area contributed by atoms with Gasteiger partial charge >= 0.3 is 0 Å². The van der Waals surface area contributed by atoms with Crippen LogP contribution in [0, 0.1) is 4.84 Å². The molecule has 0 aliphatic rings.